The summed E-state index contributed by atoms with van der Waals surface area (Å²) in [5, 5.41) is 9.88. The summed E-state index contributed by atoms with van der Waals surface area (Å²) < 4.78 is 1.12. The smallest absolute Gasteiger partial charge is 0.0571 e. The molecule has 0 amide bonds. The number of aliphatic hydroxyl groups is 1. The maximum absolute atomic E-state index is 9.88. The zero-order valence-corrected chi connectivity index (χ0v) is 10.4. The molecule has 1 aromatic carbocycles. The van der Waals surface area contributed by atoms with Crippen LogP contribution >= 0.6 is 15.9 Å². The second kappa shape index (κ2) is 5.13. The maximum atomic E-state index is 9.88. The van der Waals surface area contributed by atoms with E-state index in [9.17, 15) is 5.11 Å². The largest absolute Gasteiger partial charge is 0.393 e. The number of benzene rings is 1. The minimum Gasteiger partial charge on any atom is -0.393 e. The zero-order chi connectivity index (χ0) is 10.7. The molecule has 0 aliphatic heterocycles. The van der Waals surface area contributed by atoms with E-state index < -0.39 is 0 Å². The van der Waals surface area contributed by atoms with Crippen LogP contribution in [0.5, 0.6) is 0 Å². The average Bonchev–Trinajstić information content (AvgIpc) is 2.25. The predicted molar refractivity (Wildman–Crippen MR) is 65.8 cm³/mol. The van der Waals surface area contributed by atoms with Gasteiger partial charge in [0.05, 0.1) is 6.10 Å². The molecule has 0 aromatic heterocycles. The quantitative estimate of drug-likeness (QED) is 0.870. The average molecular weight is 269 g/mol. The van der Waals surface area contributed by atoms with Gasteiger partial charge >= 0.3 is 0 Å². The molecule has 2 heteroatoms. The van der Waals surface area contributed by atoms with E-state index in [1.54, 1.807) is 0 Å². The van der Waals surface area contributed by atoms with Crippen molar-refractivity contribution in [3.8, 4) is 0 Å². The van der Waals surface area contributed by atoms with Gasteiger partial charge in [0.25, 0.3) is 0 Å². The third-order valence-electron chi connectivity index (χ3n) is 3.28. The molecule has 1 aliphatic carbocycles. The molecule has 1 aromatic rings. The van der Waals surface area contributed by atoms with Crippen LogP contribution in [0.2, 0.25) is 0 Å². The van der Waals surface area contributed by atoms with Gasteiger partial charge in [0, 0.05) is 4.47 Å². The van der Waals surface area contributed by atoms with Crippen molar-refractivity contribution in [2.24, 2.45) is 5.92 Å². The van der Waals surface area contributed by atoms with Gasteiger partial charge in [-0.05, 0) is 42.9 Å². The number of rotatable bonds is 2. The molecule has 82 valence electrons. The number of halogens is 1. The monoisotopic (exact) mass is 268 g/mol. The van der Waals surface area contributed by atoms with Crippen molar-refractivity contribution in [2.45, 2.75) is 38.2 Å². The second-order valence-corrected chi connectivity index (χ2v) is 5.36. The lowest BCUT2D eigenvalue weighted by Gasteiger charge is -2.27. The first kappa shape index (κ1) is 11.2. The first-order valence-corrected chi connectivity index (χ1v) is 6.47. The second-order valence-electron chi connectivity index (χ2n) is 4.44. The van der Waals surface area contributed by atoms with Crippen LogP contribution in [-0.2, 0) is 6.42 Å². The summed E-state index contributed by atoms with van der Waals surface area (Å²) in [7, 11) is 0. The van der Waals surface area contributed by atoms with Crippen molar-refractivity contribution in [3.05, 3.63) is 34.3 Å². The third kappa shape index (κ3) is 3.05. The van der Waals surface area contributed by atoms with E-state index >= 15 is 0 Å². The Kier molecular flexibility index (Phi) is 3.81. The number of hydrogen-bond acceptors (Lipinski definition) is 1. The van der Waals surface area contributed by atoms with E-state index in [1.165, 1.54) is 24.8 Å². The van der Waals surface area contributed by atoms with Crippen molar-refractivity contribution in [1.29, 1.82) is 0 Å². The van der Waals surface area contributed by atoms with Gasteiger partial charge in [0.2, 0.25) is 0 Å². The van der Waals surface area contributed by atoms with Gasteiger partial charge in [0.1, 0.15) is 0 Å². The Morgan fingerprint density at radius 2 is 1.80 bits per heavy atom. The van der Waals surface area contributed by atoms with Gasteiger partial charge in [-0.25, -0.2) is 0 Å². The van der Waals surface area contributed by atoms with Gasteiger partial charge < -0.3 is 5.11 Å². The fourth-order valence-electron chi connectivity index (χ4n) is 2.35. The maximum Gasteiger partial charge on any atom is 0.0571 e. The van der Waals surface area contributed by atoms with Crippen LogP contribution in [0.1, 0.15) is 31.2 Å². The van der Waals surface area contributed by atoms with Crippen LogP contribution in [0.15, 0.2) is 28.7 Å². The molecule has 0 saturated heterocycles. The Morgan fingerprint density at radius 3 is 2.47 bits per heavy atom. The minimum atomic E-state index is -0.0811. The van der Waals surface area contributed by atoms with E-state index in [-0.39, 0.29) is 6.10 Å². The molecule has 1 fully saturated rings. The van der Waals surface area contributed by atoms with Crippen LogP contribution in [0.4, 0.5) is 0 Å². The van der Waals surface area contributed by atoms with Crippen LogP contribution in [0.25, 0.3) is 0 Å². The van der Waals surface area contributed by atoms with E-state index in [0.29, 0.717) is 5.92 Å². The van der Waals surface area contributed by atoms with Crippen molar-refractivity contribution >= 4 is 15.9 Å². The molecule has 2 atom stereocenters. The fraction of sp³-hybridized carbons (Fsp3) is 0.538. The lowest BCUT2D eigenvalue weighted by Crippen LogP contribution is -2.26. The fourth-order valence-corrected chi connectivity index (χ4v) is 2.61. The van der Waals surface area contributed by atoms with Gasteiger partial charge in [-0.3, -0.25) is 0 Å². The van der Waals surface area contributed by atoms with Crippen LogP contribution in [0, 0.1) is 5.92 Å². The van der Waals surface area contributed by atoms with Gasteiger partial charge in [-0.1, -0.05) is 40.9 Å². The Bertz CT molecular complexity index is 307. The van der Waals surface area contributed by atoms with Crippen molar-refractivity contribution in [3.63, 3.8) is 0 Å². The Labute approximate surface area is 99.6 Å². The summed E-state index contributed by atoms with van der Waals surface area (Å²) in [5.74, 6) is 0.472. The Balaban J connectivity index is 1.98. The predicted octanol–water partition coefficient (Wildman–Crippen LogP) is 3.54. The van der Waals surface area contributed by atoms with Gasteiger partial charge in [-0.2, -0.15) is 0 Å². The Hall–Kier alpha value is -0.340. The highest BCUT2D eigenvalue weighted by Crippen LogP contribution is 2.27. The molecule has 0 heterocycles. The van der Waals surface area contributed by atoms with Gasteiger partial charge in [0.15, 0.2) is 0 Å². The normalized spacial score (nSPS) is 26.5. The lowest BCUT2D eigenvalue weighted by molar-refractivity contribution is 0.0700. The summed E-state index contributed by atoms with van der Waals surface area (Å²) in [6.45, 7) is 0. The molecule has 15 heavy (non-hydrogen) atoms. The molecule has 2 rings (SSSR count). The molecule has 1 nitrogen and oxygen atoms in total. The summed E-state index contributed by atoms with van der Waals surface area (Å²) in [5.41, 5.74) is 1.34. The van der Waals surface area contributed by atoms with E-state index in [4.69, 9.17) is 0 Å². The first-order chi connectivity index (χ1) is 7.25. The molecule has 1 saturated carbocycles. The van der Waals surface area contributed by atoms with E-state index in [2.05, 4.69) is 40.2 Å². The molecule has 0 spiro atoms. The van der Waals surface area contributed by atoms with Crippen LogP contribution in [0.3, 0.4) is 0 Å². The highest BCUT2D eigenvalue weighted by Gasteiger charge is 2.22. The molecule has 1 N–H and O–H groups in total. The van der Waals surface area contributed by atoms with Crippen LogP contribution in [-0.4, -0.2) is 11.2 Å². The summed E-state index contributed by atoms with van der Waals surface area (Å²) in [6, 6.07) is 8.44. The molecular formula is C13H17BrO. The minimum absolute atomic E-state index is 0.0811. The SMILES string of the molecule is OC1CCCCC1Cc1ccc(Br)cc1. The number of hydrogen-bond donors (Lipinski definition) is 1. The topological polar surface area (TPSA) is 20.2 Å². The third-order valence-corrected chi connectivity index (χ3v) is 3.81. The Morgan fingerprint density at radius 1 is 1.13 bits per heavy atom. The van der Waals surface area contributed by atoms with Crippen LogP contribution < -0.4 is 0 Å². The lowest BCUT2D eigenvalue weighted by atomic mass is 9.82. The zero-order valence-electron chi connectivity index (χ0n) is 8.82. The van der Waals surface area contributed by atoms with E-state index in [0.717, 1.165) is 17.3 Å². The first-order valence-electron chi connectivity index (χ1n) is 5.68. The summed E-state index contributed by atoms with van der Waals surface area (Å²) in [4.78, 5) is 0. The molecule has 2 unspecified atom stereocenters. The highest BCUT2D eigenvalue weighted by molar-refractivity contribution is 9.10. The van der Waals surface area contributed by atoms with E-state index in [1.807, 2.05) is 0 Å². The number of aliphatic hydroxyl groups excluding tert-OH is 1. The molecule has 1 aliphatic rings. The van der Waals surface area contributed by atoms with Crippen molar-refractivity contribution in [1.82, 2.24) is 0 Å². The molecule has 0 bridgehead atoms. The summed E-state index contributed by atoms with van der Waals surface area (Å²) in [6.07, 6.45) is 5.57. The summed E-state index contributed by atoms with van der Waals surface area (Å²) >= 11 is 3.43. The standard InChI is InChI=1S/C13H17BrO/c14-12-7-5-10(6-8-12)9-11-3-1-2-4-13(11)15/h5-8,11,13,15H,1-4,9H2. The molecular weight excluding hydrogens is 252 g/mol. The van der Waals surface area contributed by atoms with Crippen molar-refractivity contribution < 1.29 is 5.11 Å². The highest BCUT2D eigenvalue weighted by atomic mass is 79.9. The van der Waals surface area contributed by atoms with Gasteiger partial charge in [-0.15, -0.1) is 0 Å². The van der Waals surface area contributed by atoms with Crippen molar-refractivity contribution in [2.75, 3.05) is 0 Å². The molecule has 0 radical (unpaired) electrons.